The van der Waals surface area contributed by atoms with Gasteiger partial charge in [0.2, 0.25) is 0 Å². The molecule has 0 spiro atoms. The number of hydrogen-bond donors (Lipinski definition) is 0. The lowest BCUT2D eigenvalue weighted by molar-refractivity contribution is -0.112. The number of nitrogens with zero attached hydrogens (tertiary/aromatic N) is 1. The number of fused-ring (bicyclic) bond motifs is 1. The van der Waals surface area contributed by atoms with Gasteiger partial charge in [-0.2, -0.15) is 0 Å². The summed E-state index contributed by atoms with van der Waals surface area (Å²) < 4.78 is 0. The van der Waals surface area contributed by atoms with Crippen LogP contribution in [0.5, 0.6) is 0 Å². The van der Waals surface area contributed by atoms with E-state index in [1.807, 2.05) is 12.1 Å². The Morgan fingerprint density at radius 3 is 2.50 bits per heavy atom. The molecule has 122 valence electrons. The van der Waals surface area contributed by atoms with Crippen molar-refractivity contribution in [3.8, 4) is 0 Å². The van der Waals surface area contributed by atoms with Gasteiger partial charge in [-0.15, -0.1) is 0 Å². The van der Waals surface area contributed by atoms with Crippen molar-refractivity contribution in [2.45, 2.75) is 38.0 Å². The second-order valence-electron chi connectivity index (χ2n) is 6.89. The third kappa shape index (κ3) is 3.03. The van der Waals surface area contributed by atoms with Gasteiger partial charge in [0.05, 0.1) is 5.36 Å². The van der Waals surface area contributed by atoms with Gasteiger partial charge in [0.1, 0.15) is 0 Å². The number of benzene rings is 2. The minimum absolute atomic E-state index is 0.0718. The van der Waals surface area contributed by atoms with Crippen molar-refractivity contribution in [1.29, 1.82) is 0 Å². The van der Waals surface area contributed by atoms with Crippen molar-refractivity contribution in [1.82, 2.24) is 0 Å². The predicted molar refractivity (Wildman–Crippen MR) is 96.4 cm³/mol. The predicted octanol–water partition coefficient (Wildman–Crippen LogP) is 4.01. The van der Waals surface area contributed by atoms with Gasteiger partial charge in [0.25, 0.3) is 5.91 Å². The molecule has 1 heterocycles. The number of carbonyl (C=O) groups is 1. The van der Waals surface area contributed by atoms with Crippen LogP contribution in [0.3, 0.4) is 0 Å². The van der Waals surface area contributed by atoms with Crippen LogP contribution < -0.4 is 10.6 Å². The van der Waals surface area contributed by atoms with Gasteiger partial charge in [0.15, 0.2) is 0 Å². The van der Waals surface area contributed by atoms with E-state index < -0.39 is 0 Å². The molecule has 0 bridgehead atoms. The van der Waals surface area contributed by atoms with E-state index in [0.717, 1.165) is 22.6 Å². The molecule has 0 radical (unpaired) electrons. The van der Waals surface area contributed by atoms with Crippen LogP contribution in [-0.4, -0.2) is 5.91 Å². The maximum Gasteiger partial charge on any atom is 0.274 e. The fourth-order valence-corrected chi connectivity index (χ4v) is 4.22. The Balaban J connectivity index is 1.49. The van der Waals surface area contributed by atoms with E-state index in [1.54, 1.807) is 6.07 Å². The molecule has 4 rings (SSSR count). The fraction of sp³-hybridized carbons (Fsp3) is 0.333. The Morgan fingerprint density at radius 1 is 1.00 bits per heavy atom. The van der Waals surface area contributed by atoms with Crippen LogP contribution in [0.4, 0.5) is 0 Å². The Morgan fingerprint density at radius 2 is 1.75 bits per heavy atom. The molecule has 1 fully saturated rings. The monoisotopic (exact) mass is 337 g/mol. The zero-order valence-corrected chi connectivity index (χ0v) is 14.3. The molecule has 0 unspecified atom stereocenters. The summed E-state index contributed by atoms with van der Waals surface area (Å²) in [4.78, 5) is 16.4. The number of amides is 1. The molecule has 2 aromatic rings. The summed E-state index contributed by atoms with van der Waals surface area (Å²) in [5.74, 6) is 1.17. The molecule has 1 aliphatic heterocycles. The lowest BCUT2D eigenvalue weighted by atomic mass is 9.76. The molecule has 0 N–H and O–H groups in total. The first-order valence-electron chi connectivity index (χ1n) is 8.67. The zero-order chi connectivity index (χ0) is 16.5. The van der Waals surface area contributed by atoms with E-state index in [0.29, 0.717) is 16.9 Å². The normalized spacial score (nSPS) is 23.0. The Hall–Kier alpha value is -1.93. The van der Waals surface area contributed by atoms with Gasteiger partial charge in [-0.1, -0.05) is 41.9 Å². The van der Waals surface area contributed by atoms with Crippen molar-refractivity contribution in [3.05, 3.63) is 69.7 Å². The first-order chi connectivity index (χ1) is 11.7. The topological polar surface area (TPSA) is 29.4 Å². The summed E-state index contributed by atoms with van der Waals surface area (Å²) in [5, 5.41) is 2.39. The van der Waals surface area contributed by atoms with Crippen molar-refractivity contribution >= 4 is 23.1 Å². The molecule has 0 atom stereocenters. The Bertz CT molecular complexity index is 880. The summed E-state index contributed by atoms with van der Waals surface area (Å²) >= 11 is 6.10. The van der Waals surface area contributed by atoms with Gasteiger partial charge in [-0.3, -0.25) is 4.79 Å². The minimum atomic E-state index is -0.0718. The molecule has 1 amide bonds. The van der Waals surface area contributed by atoms with E-state index in [4.69, 9.17) is 11.6 Å². The van der Waals surface area contributed by atoms with Crippen LogP contribution >= 0.6 is 11.6 Å². The highest BCUT2D eigenvalue weighted by Gasteiger charge is 2.26. The molecule has 0 aromatic heterocycles. The first kappa shape index (κ1) is 15.6. The minimum Gasteiger partial charge on any atom is -0.267 e. The van der Waals surface area contributed by atoms with Gasteiger partial charge in [0, 0.05) is 15.8 Å². The van der Waals surface area contributed by atoms with Crippen LogP contribution in [0.25, 0.3) is 5.57 Å². The maximum atomic E-state index is 12.3. The quantitative estimate of drug-likeness (QED) is 0.832. The molecule has 2 aromatic carbocycles. The summed E-state index contributed by atoms with van der Waals surface area (Å²) in [7, 11) is 0. The summed E-state index contributed by atoms with van der Waals surface area (Å²) in [6.45, 7) is 0. The van der Waals surface area contributed by atoms with Crippen molar-refractivity contribution < 1.29 is 4.79 Å². The molecule has 0 saturated heterocycles. The van der Waals surface area contributed by atoms with Crippen molar-refractivity contribution in [2.75, 3.05) is 0 Å². The molecule has 24 heavy (non-hydrogen) atoms. The van der Waals surface area contributed by atoms with E-state index in [9.17, 15) is 4.79 Å². The molecular weight excluding hydrogens is 318 g/mol. The number of hydrogen-bond acceptors (Lipinski definition) is 1. The molecule has 2 nitrogen and oxygen atoms in total. The molecule has 2 aliphatic rings. The Kier molecular flexibility index (Phi) is 4.24. The van der Waals surface area contributed by atoms with Crippen molar-refractivity contribution in [2.24, 2.45) is 10.9 Å². The van der Waals surface area contributed by atoms with Crippen LogP contribution in [0.15, 0.2) is 53.5 Å². The lowest BCUT2D eigenvalue weighted by Crippen LogP contribution is -2.24. The van der Waals surface area contributed by atoms with Gasteiger partial charge < -0.3 is 0 Å². The summed E-state index contributed by atoms with van der Waals surface area (Å²) in [6.07, 6.45) is 5.58. The number of carbonyl (C=O) groups excluding carboxylic acids is 1. The van der Waals surface area contributed by atoms with Crippen LogP contribution in [0, 0.1) is 5.92 Å². The third-order valence-corrected chi connectivity index (χ3v) is 5.61. The highest BCUT2D eigenvalue weighted by atomic mass is 35.5. The molecule has 1 aliphatic carbocycles. The second kappa shape index (κ2) is 6.52. The first-order valence-corrected chi connectivity index (χ1v) is 9.05. The largest absolute Gasteiger partial charge is 0.274 e. The highest BCUT2D eigenvalue weighted by Crippen LogP contribution is 2.38. The smallest absolute Gasteiger partial charge is 0.267 e. The number of rotatable bonds is 3. The fourth-order valence-electron chi connectivity index (χ4n) is 4.05. The van der Waals surface area contributed by atoms with E-state index in [1.165, 1.54) is 31.2 Å². The van der Waals surface area contributed by atoms with Gasteiger partial charge >= 0.3 is 0 Å². The van der Waals surface area contributed by atoms with Crippen LogP contribution in [0.1, 0.15) is 43.6 Å². The third-order valence-electron chi connectivity index (χ3n) is 5.37. The van der Waals surface area contributed by atoms with Gasteiger partial charge in [-0.25, -0.2) is 4.99 Å². The zero-order valence-electron chi connectivity index (χ0n) is 13.5. The molecular formula is C21H20ClNO. The standard InChI is InChI=1S/C21H20ClNO/c22-17-10-11-20-18(13-17)19(21(24)23-20)12-14-6-8-16(9-7-14)15-4-2-1-3-5-15/h1-5,10-11,13-14,16H,6-9,12H2. The molecule has 3 heteroatoms. The van der Waals surface area contributed by atoms with E-state index >= 15 is 0 Å². The average molecular weight is 338 g/mol. The van der Waals surface area contributed by atoms with Crippen molar-refractivity contribution in [3.63, 3.8) is 0 Å². The second-order valence-corrected chi connectivity index (χ2v) is 7.33. The average Bonchev–Trinajstić information content (AvgIpc) is 2.92. The van der Waals surface area contributed by atoms with E-state index in [-0.39, 0.29) is 5.91 Å². The summed E-state index contributed by atoms with van der Waals surface area (Å²) in [5.41, 5.74) is 2.31. The number of halogens is 1. The maximum absolute atomic E-state index is 12.3. The van der Waals surface area contributed by atoms with Crippen LogP contribution in [0.2, 0.25) is 5.02 Å². The highest BCUT2D eigenvalue weighted by molar-refractivity contribution is 6.30. The van der Waals surface area contributed by atoms with Crippen LogP contribution in [-0.2, 0) is 4.79 Å². The molecule has 1 saturated carbocycles. The SMILES string of the molecule is O=C1N=c2ccc(Cl)cc2=C1CC1CCC(c2ccccc2)CC1. The Labute approximate surface area is 146 Å². The van der Waals surface area contributed by atoms with E-state index in [2.05, 4.69) is 35.3 Å². The lowest BCUT2D eigenvalue weighted by Gasteiger charge is -2.28. The van der Waals surface area contributed by atoms with Gasteiger partial charge in [-0.05, 0) is 67.7 Å². The summed E-state index contributed by atoms with van der Waals surface area (Å²) in [6, 6.07) is 16.3.